The number of halogens is 1. The first kappa shape index (κ1) is 23.4. The van der Waals surface area contributed by atoms with Gasteiger partial charge >= 0.3 is 0 Å². The molecule has 172 valence electrons. The van der Waals surface area contributed by atoms with Gasteiger partial charge in [0, 0.05) is 36.5 Å². The third-order valence-electron chi connectivity index (χ3n) is 5.42. The Morgan fingerprint density at radius 2 is 1.76 bits per heavy atom. The molecule has 6 nitrogen and oxygen atoms in total. The van der Waals surface area contributed by atoms with E-state index in [2.05, 4.69) is 20.4 Å². The van der Waals surface area contributed by atoms with Gasteiger partial charge in [-0.3, -0.25) is 9.69 Å². The highest BCUT2D eigenvalue weighted by molar-refractivity contribution is 7.98. The maximum absolute atomic E-state index is 13.1. The second-order valence-corrected chi connectivity index (χ2v) is 8.81. The van der Waals surface area contributed by atoms with E-state index in [0.717, 1.165) is 61.2 Å². The molecule has 2 heterocycles. The van der Waals surface area contributed by atoms with Crippen LogP contribution in [0.2, 0.25) is 0 Å². The van der Waals surface area contributed by atoms with Crippen molar-refractivity contribution in [2.24, 2.45) is 0 Å². The van der Waals surface area contributed by atoms with Crippen LogP contribution in [-0.4, -0.2) is 60.4 Å². The largest absolute Gasteiger partial charge is 0.379 e. The van der Waals surface area contributed by atoms with Crippen LogP contribution in [-0.2, 0) is 10.5 Å². The molecule has 1 N–H and O–H groups in total. The molecule has 0 bridgehead atoms. The van der Waals surface area contributed by atoms with Crippen molar-refractivity contribution in [2.45, 2.75) is 17.2 Å². The van der Waals surface area contributed by atoms with E-state index < -0.39 is 0 Å². The van der Waals surface area contributed by atoms with Gasteiger partial charge in [0.25, 0.3) is 5.91 Å². The maximum atomic E-state index is 13.1. The van der Waals surface area contributed by atoms with Gasteiger partial charge in [-0.05, 0) is 67.1 Å². The SMILES string of the molecule is O=C(NCCCN1CCOCC1)c1ccc(CSc2ccc(-c3ccc(F)cc3)nn2)cc1. The normalized spacial score (nSPS) is 14.2. The molecule has 1 saturated heterocycles. The van der Waals surface area contributed by atoms with Crippen molar-refractivity contribution in [2.75, 3.05) is 39.4 Å². The number of nitrogens with zero attached hydrogens (tertiary/aromatic N) is 3. The number of ether oxygens (including phenoxy) is 1. The first-order valence-corrected chi connectivity index (χ1v) is 12.1. The van der Waals surface area contributed by atoms with E-state index in [1.165, 1.54) is 12.1 Å². The number of thioether (sulfide) groups is 1. The van der Waals surface area contributed by atoms with E-state index >= 15 is 0 Å². The lowest BCUT2D eigenvalue weighted by molar-refractivity contribution is 0.0374. The molecule has 33 heavy (non-hydrogen) atoms. The van der Waals surface area contributed by atoms with Crippen LogP contribution in [0.4, 0.5) is 4.39 Å². The first-order valence-electron chi connectivity index (χ1n) is 11.1. The lowest BCUT2D eigenvalue weighted by Crippen LogP contribution is -2.38. The van der Waals surface area contributed by atoms with Crippen LogP contribution in [0.1, 0.15) is 22.3 Å². The van der Waals surface area contributed by atoms with Crippen LogP contribution in [0.25, 0.3) is 11.3 Å². The van der Waals surface area contributed by atoms with Crippen molar-refractivity contribution in [3.8, 4) is 11.3 Å². The number of nitrogens with one attached hydrogen (secondary N) is 1. The monoisotopic (exact) mass is 466 g/mol. The molecule has 3 aromatic rings. The summed E-state index contributed by atoms with van der Waals surface area (Å²) in [6.07, 6.45) is 0.932. The number of aromatic nitrogens is 2. The highest BCUT2D eigenvalue weighted by Gasteiger charge is 2.10. The van der Waals surface area contributed by atoms with Gasteiger partial charge in [-0.1, -0.05) is 23.9 Å². The van der Waals surface area contributed by atoms with Crippen LogP contribution < -0.4 is 5.32 Å². The number of carbonyl (C=O) groups excluding carboxylic acids is 1. The van der Waals surface area contributed by atoms with E-state index in [1.54, 1.807) is 23.9 Å². The standard InChI is InChI=1S/C25H27FN4O2S/c26-22-8-6-20(7-9-22)23-10-11-24(29-28-23)33-18-19-2-4-21(5-3-19)25(31)27-12-1-13-30-14-16-32-17-15-30/h2-11H,1,12-18H2,(H,27,31). The van der Waals surface area contributed by atoms with Crippen LogP contribution in [0.3, 0.4) is 0 Å². The fraction of sp³-hybridized carbons (Fsp3) is 0.320. The van der Waals surface area contributed by atoms with Crippen molar-refractivity contribution in [3.63, 3.8) is 0 Å². The second-order valence-electron chi connectivity index (χ2n) is 7.81. The van der Waals surface area contributed by atoms with E-state index in [1.807, 2.05) is 36.4 Å². The second kappa shape index (κ2) is 11.9. The lowest BCUT2D eigenvalue weighted by Gasteiger charge is -2.26. The Hall–Kier alpha value is -2.81. The summed E-state index contributed by atoms with van der Waals surface area (Å²) in [6.45, 7) is 5.18. The van der Waals surface area contributed by atoms with Crippen molar-refractivity contribution in [1.29, 1.82) is 0 Å². The predicted molar refractivity (Wildman–Crippen MR) is 128 cm³/mol. The molecule has 2 aromatic carbocycles. The highest BCUT2D eigenvalue weighted by Crippen LogP contribution is 2.23. The summed E-state index contributed by atoms with van der Waals surface area (Å²) in [6, 6.07) is 17.6. The quantitative estimate of drug-likeness (QED) is 0.379. The molecular formula is C25H27FN4O2S. The van der Waals surface area contributed by atoms with Gasteiger partial charge in [0.15, 0.2) is 0 Å². The van der Waals surface area contributed by atoms with Gasteiger partial charge in [0.1, 0.15) is 10.8 Å². The number of amides is 1. The Labute approximate surface area is 197 Å². The molecule has 1 amide bonds. The minimum absolute atomic E-state index is 0.0431. The predicted octanol–water partition coefficient (Wildman–Crippen LogP) is 4.03. The topological polar surface area (TPSA) is 67.4 Å². The third-order valence-corrected chi connectivity index (χ3v) is 6.41. The molecule has 0 aliphatic carbocycles. The molecule has 1 fully saturated rings. The summed E-state index contributed by atoms with van der Waals surface area (Å²) >= 11 is 1.58. The minimum atomic E-state index is -0.272. The highest BCUT2D eigenvalue weighted by atomic mass is 32.2. The molecule has 0 radical (unpaired) electrons. The Kier molecular flexibility index (Phi) is 8.41. The van der Waals surface area contributed by atoms with E-state index in [0.29, 0.717) is 17.8 Å². The summed E-state index contributed by atoms with van der Waals surface area (Å²) in [7, 11) is 0. The van der Waals surface area contributed by atoms with Crippen LogP contribution >= 0.6 is 11.8 Å². The molecule has 0 spiro atoms. The molecule has 1 aliphatic rings. The molecule has 0 atom stereocenters. The number of carbonyl (C=O) groups is 1. The number of hydrogen-bond acceptors (Lipinski definition) is 6. The van der Waals surface area contributed by atoms with Gasteiger partial charge in [-0.2, -0.15) is 0 Å². The van der Waals surface area contributed by atoms with Gasteiger partial charge in [0.05, 0.1) is 18.9 Å². The molecule has 4 rings (SSSR count). The molecule has 0 saturated carbocycles. The molecule has 8 heteroatoms. The fourth-order valence-electron chi connectivity index (χ4n) is 3.51. The fourth-order valence-corrected chi connectivity index (χ4v) is 4.28. The Morgan fingerprint density at radius 1 is 1.00 bits per heavy atom. The van der Waals surface area contributed by atoms with Crippen molar-refractivity contribution >= 4 is 17.7 Å². The maximum Gasteiger partial charge on any atom is 0.251 e. The van der Waals surface area contributed by atoms with E-state index in [4.69, 9.17) is 4.74 Å². The summed E-state index contributed by atoms with van der Waals surface area (Å²) in [5.74, 6) is 0.413. The minimum Gasteiger partial charge on any atom is -0.379 e. The lowest BCUT2D eigenvalue weighted by atomic mass is 10.1. The van der Waals surface area contributed by atoms with Crippen molar-refractivity contribution in [3.05, 3.63) is 77.6 Å². The molecule has 1 aliphatic heterocycles. The van der Waals surface area contributed by atoms with Crippen molar-refractivity contribution in [1.82, 2.24) is 20.4 Å². The van der Waals surface area contributed by atoms with E-state index in [9.17, 15) is 9.18 Å². The smallest absolute Gasteiger partial charge is 0.251 e. The van der Waals surface area contributed by atoms with Crippen LogP contribution in [0, 0.1) is 5.82 Å². The summed E-state index contributed by atoms with van der Waals surface area (Å²) < 4.78 is 18.4. The number of benzene rings is 2. The van der Waals surface area contributed by atoms with E-state index in [-0.39, 0.29) is 11.7 Å². The zero-order chi connectivity index (χ0) is 22.9. The first-order chi connectivity index (χ1) is 16.2. The number of morpholine rings is 1. The van der Waals surface area contributed by atoms with Crippen LogP contribution in [0.5, 0.6) is 0 Å². The zero-order valence-corrected chi connectivity index (χ0v) is 19.2. The van der Waals surface area contributed by atoms with Crippen LogP contribution in [0.15, 0.2) is 65.7 Å². The number of hydrogen-bond donors (Lipinski definition) is 1. The summed E-state index contributed by atoms with van der Waals surface area (Å²) in [5.41, 5.74) is 3.31. The summed E-state index contributed by atoms with van der Waals surface area (Å²) in [4.78, 5) is 14.7. The van der Waals surface area contributed by atoms with Crippen molar-refractivity contribution < 1.29 is 13.9 Å². The summed E-state index contributed by atoms with van der Waals surface area (Å²) in [5, 5.41) is 12.3. The number of rotatable bonds is 9. The van der Waals surface area contributed by atoms with Gasteiger partial charge < -0.3 is 10.1 Å². The van der Waals surface area contributed by atoms with Gasteiger partial charge in [0.2, 0.25) is 0 Å². The average Bonchev–Trinajstić information content (AvgIpc) is 2.87. The molecular weight excluding hydrogens is 439 g/mol. The van der Waals surface area contributed by atoms with Gasteiger partial charge in [-0.15, -0.1) is 10.2 Å². The zero-order valence-electron chi connectivity index (χ0n) is 18.4. The van der Waals surface area contributed by atoms with Gasteiger partial charge in [-0.25, -0.2) is 4.39 Å². The Bertz CT molecular complexity index is 1020. The molecule has 0 unspecified atom stereocenters. The Balaban J connectivity index is 1.20. The third kappa shape index (κ3) is 7.08. The molecule has 1 aromatic heterocycles. The Morgan fingerprint density at radius 3 is 2.45 bits per heavy atom. The average molecular weight is 467 g/mol.